The lowest BCUT2D eigenvalue weighted by Gasteiger charge is -2.16. The number of nitrogens with two attached hydrogens (primary N) is 1. The first-order chi connectivity index (χ1) is 8.11. The molecule has 1 aromatic rings. The van der Waals surface area contributed by atoms with Crippen LogP contribution in [0.4, 0.5) is 0 Å². The number of benzene rings is 1. The number of hydrogen-bond donors (Lipinski definition) is 2. The van der Waals surface area contributed by atoms with E-state index < -0.39 is 0 Å². The number of primary amides is 1. The fourth-order valence-electron chi connectivity index (χ4n) is 1.49. The summed E-state index contributed by atoms with van der Waals surface area (Å²) < 4.78 is 0. The standard InChI is InChI=1S/C14H18N2O/c1-11(2)13(14(15)17)16-10-6-9-12-7-4-3-5-8-12/h3-5,7-8,11,13,16H,10H2,1-2H3,(H2,15,17). The van der Waals surface area contributed by atoms with Crippen LogP contribution in [0.3, 0.4) is 0 Å². The van der Waals surface area contributed by atoms with Gasteiger partial charge in [0.25, 0.3) is 0 Å². The summed E-state index contributed by atoms with van der Waals surface area (Å²) in [5.41, 5.74) is 6.25. The van der Waals surface area contributed by atoms with E-state index in [0.717, 1.165) is 5.56 Å². The van der Waals surface area contributed by atoms with Gasteiger partial charge in [-0.2, -0.15) is 0 Å². The molecule has 1 atom stereocenters. The molecule has 17 heavy (non-hydrogen) atoms. The zero-order chi connectivity index (χ0) is 12.7. The highest BCUT2D eigenvalue weighted by Gasteiger charge is 2.17. The first-order valence-corrected chi connectivity index (χ1v) is 5.68. The van der Waals surface area contributed by atoms with Crippen molar-refractivity contribution >= 4 is 5.91 Å². The van der Waals surface area contributed by atoms with Crippen LogP contribution in [0, 0.1) is 17.8 Å². The lowest BCUT2D eigenvalue weighted by Crippen LogP contribution is -2.45. The minimum Gasteiger partial charge on any atom is -0.368 e. The van der Waals surface area contributed by atoms with Gasteiger partial charge in [0, 0.05) is 5.56 Å². The first-order valence-electron chi connectivity index (χ1n) is 5.68. The SMILES string of the molecule is CC(C)C(NCC#Cc1ccccc1)C(N)=O. The van der Waals surface area contributed by atoms with Crippen LogP contribution in [0.1, 0.15) is 19.4 Å². The number of carbonyl (C=O) groups is 1. The zero-order valence-corrected chi connectivity index (χ0v) is 10.2. The van der Waals surface area contributed by atoms with Crippen LogP contribution in [0.5, 0.6) is 0 Å². The summed E-state index contributed by atoms with van der Waals surface area (Å²) in [6.45, 7) is 4.36. The second kappa shape index (κ2) is 6.72. The van der Waals surface area contributed by atoms with Crippen LogP contribution in [0.15, 0.2) is 30.3 Å². The maximum absolute atomic E-state index is 11.1. The molecule has 0 aliphatic carbocycles. The van der Waals surface area contributed by atoms with Crippen molar-refractivity contribution in [1.82, 2.24) is 5.32 Å². The summed E-state index contributed by atoms with van der Waals surface area (Å²) in [7, 11) is 0. The molecule has 0 saturated heterocycles. The fraction of sp³-hybridized carbons (Fsp3) is 0.357. The predicted molar refractivity (Wildman–Crippen MR) is 69.1 cm³/mol. The Kier molecular flexibility index (Phi) is 5.25. The number of amides is 1. The van der Waals surface area contributed by atoms with E-state index in [2.05, 4.69) is 17.2 Å². The van der Waals surface area contributed by atoms with Gasteiger partial charge in [-0.3, -0.25) is 10.1 Å². The minimum absolute atomic E-state index is 0.172. The zero-order valence-electron chi connectivity index (χ0n) is 10.2. The molecule has 0 saturated carbocycles. The molecule has 0 heterocycles. The van der Waals surface area contributed by atoms with Gasteiger partial charge < -0.3 is 5.73 Å². The van der Waals surface area contributed by atoms with E-state index in [1.54, 1.807) is 0 Å². The van der Waals surface area contributed by atoms with Gasteiger partial charge >= 0.3 is 0 Å². The van der Waals surface area contributed by atoms with Gasteiger partial charge in [-0.1, -0.05) is 43.9 Å². The van der Waals surface area contributed by atoms with E-state index in [1.165, 1.54) is 0 Å². The summed E-state index contributed by atoms with van der Waals surface area (Å²) in [5, 5.41) is 3.04. The van der Waals surface area contributed by atoms with Crippen LogP contribution < -0.4 is 11.1 Å². The Morgan fingerprint density at radius 2 is 2.00 bits per heavy atom. The summed E-state index contributed by atoms with van der Waals surface area (Å²) in [4.78, 5) is 11.1. The number of nitrogens with one attached hydrogen (secondary N) is 1. The molecular weight excluding hydrogens is 212 g/mol. The van der Waals surface area contributed by atoms with Gasteiger partial charge in [-0.25, -0.2) is 0 Å². The van der Waals surface area contributed by atoms with Gasteiger partial charge in [0.15, 0.2) is 0 Å². The number of hydrogen-bond acceptors (Lipinski definition) is 2. The molecule has 3 heteroatoms. The fourth-order valence-corrected chi connectivity index (χ4v) is 1.49. The van der Waals surface area contributed by atoms with Crippen LogP contribution >= 0.6 is 0 Å². The molecule has 0 radical (unpaired) electrons. The third-order valence-electron chi connectivity index (χ3n) is 2.39. The van der Waals surface area contributed by atoms with Crippen LogP contribution in [0.2, 0.25) is 0 Å². The molecule has 3 N–H and O–H groups in total. The second-order valence-electron chi connectivity index (χ2n) is 4.17. The molecule has 1 amide bonds. The van der Waals surface area contributed by atoms with E-state index >= 15 is 0 Å². The van der Waals surface area contributed by atoms with Crippen molar-refractivity contribution in [2.45, 2.75) is 19.9 Å². The highest BCUT2D eigenvalue weighted by molar-refractivity contribution is 5.80. The molecule has 0 bridgehead atoms. The van der Waals surface area contributed by atoms with Crippen LogP contribution in [0.25, 0.3) is 0 Å². The number of rotatable bonds is 4. The van der Waals surface area contributed by atoms with Crippen LogP contribution in [-0.4, -0.2) is 18.5 Å². The highest BCUT2D eigenvalue weighted by Crippen LogP contribution is 1.99. The van der Waals surface area contributed by atoms with E-state index in [-0.39, 0.29) is 17.9 Å². The molecule has 1 rings (SSSR count). The van der Waals surface area contributed by atoms with Crippen molar-refractivity contribution in [3.05, 3.63) is 35.9 Å². The van der Waals surface area contributed by atoms with Crippen molar-refractivity contribution in [2.75, 3.05) is 6.54 Å². The molecule has 1 unspecified atom stereocenters. The average molecular weight is 230 g/mol. The largest absolute Gasteiger partial charge is 0.368 e. The third-order valence-corrected chi connectivity index (χ3v) is 2.39. The van der Waals surface area contributed by atoms with Crippen molar-refractivity contribution < 1.29 is 4.79 Å². The van der Waals surface area contributed by atoms with Gasteiger partial charge in [0.1, 0.15) is 0 Å². The van der Waals surface area contributed by atoms with Gasteiger partial charge in [0.2, 0.25) is 5.91 Å². The summed E-state index contributed by atoms with van der Waals surface area (Å²) >= 11 is 0. The van der Waals surface area contributed by atoms with Crippen molar-refractivity contribution in [1.29, 1.82) is 0 Å². The molecule has 3 nitrogen and oxygen atoms in total. The van der Waals surface area contributed by atoms with Gasteiger partial charge in [-0.15, -0.1) is 0 Å². The smallest absolute Gasteiger partial charge is 0.234 e. The Bertz CT molecular complexity index is 415. The topological polar surface area (TPSA) is 55.1 Å². The van der Waals surface area contributed by atoms with E-state index in [4.69, 9.17) is 5.73 Å². The maximum atomic E-state index is 11.1. The third kappa shape index (κ3) is 4.71. The monoisotopic (exact) mass is 230 g/mol. The lowest BCUT2D eigenvalue weighted by atomic mass is 10.0. The highest BCUT2D eigenvalue weighted by atomic mass is 16.1. The summed E-state index contributed by atoms with van der Waals surface area (Å²) in [6.07, 6.45) is 0. The van der Waals surface area contributed by atoms with E-state index in [1.807, 2.05) is 44.2 Å². The minimum atomic E-state index is -0.332. The van der Waals surface area contributed by atoms with Crippen molar-refractivity contribution in [3.8, 4) is 11.8 Å². The van der Waals surface area contributed by atoms with Gasteiger partial charge in [-0.05, 0) is 18.1 Å². The molecule has 0 aliphatic rings. The molecule has 0 fully saturated rings. The van der Waals surface area contributed by atoms with Crippen molar-refractivity contribution in [2.24, 2.45) is 11.7 Å². The predicted octanol–water partition coefficient (Wildman–Crippen LogP) is 1.14. The quantitative estimate of drug-likeness (QED) is 0.762. The van der Waals surface area contributed by atoms with Crippen molar-refractivity contribution in [3.63, 3.8) is 0 Å². The molecule has 1 aromatic carbocycles. The maximum Gasteiger partial charge on any atom is 0.234 e. The Hall–Kier alpha value is -1.79. The Morgan fingerprint density at radius 3 is 2.53 bits per heavy atom. The molecule has 0 spiro atoms. The summed E-state index contributed by atoms with van der Waals surface area (Å²) in [6, 6.07) is 9.41. The second-order valence-corrected chi connectivity index (χ2v) is 4.17. The number of carbonyl (C=O) groups excluding carboxylic acids is 1. The summed E-state index contributed by atoms with van der Waals surface area (Å²) in [5.74, 6) is 5.83. The Labute approximate surface area is 102 Å². The van der Waals surface area contributed by atoms with Crippen LogP contribution in [-0.2, 0) is 4.79 Å². The molecule has 0 aliphatic heterocycles. The van der Waals surface area contributed by atoms with Gasteiger partial charge in [0.05, 0.1) is 12.6 Å². The lowest BCUT2D eigenvalue weighted by molar-refractivity contribution is -0.120. The molecular formula is C14H18N2O. The average Bonchev–Trinajstić information content (AvgIpc) is 2.29. The van der Waals surface area contributed by atoms with E-state index in [0.29, 0.717) is 6.54 Å². The van der Waals surface area contributed by atoms with E-state index in [9.17, 15) is 4.79 Å². The molecule has 90 valence electrons. The Balaban J connectivity index is 2.47. The Morgan fingerprint density at radius 1 is 1.35 bits per heavy atom. The molecule has 0 aromatic heterocycles. The normalized spacial score (nSPS) is 11.7. The first kappa shape index (κ1) is 13.3.